The number of fused-ring (bicyclic) bond motifs is 1. The van der Waals surface area contributed by atoms with Gasteiger partial charge in [0.05, 0.1) is 6.10 Å². The lowest BCUT2D eigenvalue weighted by atomic mass is 9.85. The number of hydrogen-bond acceptors (Lipinski definition) is 2. The van der Waals surface area contributed by atoms with Crippen LogP contribution in [0.25, 0.3) is 0 Å². The minimum absolute atomic E-state index is 0.206. The molecule has 3 rings (SSSR count). The van der Waals surface area contributed by atoms with E-state index in [1.165, 1.54) is 56.1 Å². The third-order valence-corrected chi connectivity index (χ3v) is 5.09. The summed E-state index contributed by atoms with van der Waals surface area (Å²) in [5.74, 6) is 1.89. The van der Waals surface area contributed by atoms with Crippen molar-refractivity contribution < 1.29 is 4.74 Å². The molecule has 110 valence electrons. The molecule has 1 fully saturated rings. The van der Waals surface area contributed by atoms with Gasteiger partial charge in [0, 0.05) is 6.04 Å². The number of ether oxygens (including phenoxy) is 1. The van der Waals surface area contributed by atoms with Gasteiger partial charge in [0.25, 0.3) is 0 Å². The van der Waals surface area contributed by atoms with Crippen molar-refractivity contribution in [2.75, 3.05) is 0 Å². The average Bonchev–Trinajstić information content (AvgIpc) is 2.48. The SMILES string of the molecule is CCC1CCCC(Oc2ccc3c(c2)C(N)CCC3)C1. The molecule has 0 aromatic heterocycles. The molecule has 2 aliphatic rings. The molecule has 0 bridgehead atoms. The van der Waals surface area contributed by atoms with Crippen LogP contribution in [0.15, 0.2) is 18.2 Å². The van der Waals surface area contributed by atoms with Gasteiger partial charge in [-0.15, -0.1) is 0 Å². The Hall–Kier alpha value is -1.02. The van der Waals surface area contributed by atoms with Crippen LogP contribution in [-0.2, 0) is 6.42 Å². The molecule has 2 nitrogen and oxygen atoms in total. The molecule has 0 heterocycles. The van der Waals surface area contributed by atoms with E-state index in [2.05, 4.69) is 25.1 Å². The van der Waals surface area contributed by atoms with Crippen LogP contribution in [0.3, 0.4) is 0 Å². The quantitative estimate of drug-likeness (QED) is 0.887. The highest BCUT2D eigenvalue weighted by Crippen LogP contribution is 2.33. The summed E-state index contributed by atoms with van der Waals surface area (Å²) in [6, 6.07) is 6.78. The number of nitrogens with two attached hydrogens (primary N) is 1. The molecule has 1 aromatic carbocycles. The highest BCUT2D eigenvalue weighted by atomic mass is 16.5. The zero-order valence-electron chi connectivity index (χ0n) is 12.6. The van der Waals surface area contributed by atoms with Crippen LogP contribution >= 0.6 is 0 Å². The molecule has 0 radical (unpaired) electrons. The van der Waals surface area contributed by atoms with Gasteiger partial charge in [-0.05, 0) is 67.7 Å². The van der Waals surface area contributed by atoms with Crippen molar-refractivity contribution in [3.05, 3.63) is 29.3 Å². The fourth-order valence-electron chi connectivity index (χ4n) is 3.80. The predicted molar refractivity (Wildman–Crippen MR) is 83.0 cm³/mol. The Morgan fingerprint density at radius 2 is 2.10 bits per heavy atom. The van der Waals surface area contributed by atoms with Crippen molar-refractivity contribution in [2.24, 2.45) is 11.7 Å². The minimum Gasteiger partial charge on any atom is -0.490 e. The molecule has 3 unspecified atom stereocenters. The number of aryl methyl sites for hydroxylation is 1. The van der Waals surface area contributed by atoms with Crippen molar-refractivity contribution in [3.63, 3.8) is 0 Å². The van der Waals surface area contributed by atoms with Gasteiger partial charge in [-0.3, -0.25) is 0 Å². The van der Waals surface area contributed by atoms with Crippen molar-refractivity contribution in [2.45, 2.75) is 70.4 Å². The Balaban J connectivity index is 1.70. The average molecular weight is 273 g/mol. The third-order valence-electron chi connectivity index (χ3n) is 5.09. The molecule has 2 aliphatic carbocycles. The second-order valence-corrected chi connectivity index (χ2v) is 6.54. The maximum absolute atomic E-state index is 6.25. The van der Waals surface area contributed by atoms with Gasteiger partial charge in [-0.25, -0.2) is 0 Å². The first-order chi connectivity index (χ1) is 9.76. The second kappa shape index (κ2) is 6.17. The van der Waals surface area contributed by atoms with Crippen molar-refractivity contribution >= 4 is 0 Å². The Morgan fingerprint density at radius 3 is 2.95 bits per heavy atom. The molecule has 3 atom stereocenters. The Kier molecular flexibility index (Phi) is 4.30. The summed E-state index contributed by atoms with van der Waals surface area (Å²) in [6.07, 6.45) is 10.3. The summed E-state index contributed by atoms with van der Waals surface area (Å²) >= 11 is 0. The topological polar surface area (TPSA) is 35.2 Å². The van der Waals surface area contributed by atoms with E-state index >= 15 is 0 Å². The molecule has 1 aromatic rings. The number of benzene rings is 1. The minimum atomic E-state index is 0.206. The van der Waals surface area contributed by atoms with Gasteiger partial charge in [-0.1, -0.05) is 25.8 Å². The molecule has 0 spiro atoms. The predicted octanol–water partition coefficient (Wildman–Crippen LogP) is 4.37. The van der Waals surface area contributed by atoms with E-state index in [1.54, 1.807) is 0 Å². The van der Waals surface area contributed by atoms with Crippen molar-refractivity contribution in [1.82, 2.24) is 0 Å². The standard InChI is InChI=1S/C18H27NO/c1-2-13-5-3-7-15(11-13)20-16-10-9-14-6-4-8-18(19)17(14)12-16/h9-10,12-13,15,18H,2-8,11,19H2,1H3. The zero-order valence-corrected chi connectivity index (χ0v) is 12.6. The van der Waals surface area contributed by atoms with E-state index in [9.17, 15) is 0 Å². The largest absolute Gasteiger partial charge is 0.490 e. The van der Waals surface area contributed by atoms with E-state index in [-0.39, 0.29) is 6.04 Å². The summed E-state index contributed by atoms with van der Waals surface area (Å²) < 4.78 is 6.25. The van der Waals surface area contributed by atoms with Crippen LogP contribution in [0, 0.1) is 5.92 Å². The summed E-state index contributed by atoms with van der Waals surface area (Å²) in [5.41, 5.74) is 8.98. The highest BCUT2D eigenvalue weighted by Gasteiger charge is 2.23. The molecular formula is C18H27NO. The zero-order chi connectivity index (χ0) is 13.9. The summed E-state index contributed by atoms with van der Waals surface area (Å²) in [5, 5.41) is 0. The van der Waals surface area contributed by atoms with E-state index < -0.39 is 0 Å². The fraction of sp³-hybridized carbons (Fsp3) is 0.667. The Labute approximate surface area is 122 Å². The van der Waals surface area contributed by atoms with Gasteiger partial charge in [0.15, 0.2) is 0 Å². The van der Waals surface area contributed by atoms with Gasteiger partial charge in [0.2, 0.25) is 0 Å². The molecule has 2 heteroatoms. The van der Waals surface area contributed by atoms with E-state index in [0.29, 0.717) is 6.10 Å². The van der Waals surface area contributed by atoms with Crippen LogP contribution in [0.1, 0.15) is 69.0 Å². The Morgan fingerprint density at radius 1 is 1.20 bits per heavy atom. The lowest BCUT2D eigenvalue weighted by Crippen LogP contribution is -2.25. The molecular weight excluding hydrogens is 246 g/mol. The first-order valence-electron chi connectivity index (χ1n) is 8.31. The highest BCUT2D eigenvalue weighted by molar-refractivity contribution is 5.39. The third kappa shape index (κ3) is 3.01. The van der Waals surface area contributed by atoms with Gasteiger partial charge < -0.3 is 10.5 Å². The van der Waals surface area contributed by atoms with Gasteiger partial charge in [-0.2, -0.15) is 0 Å². The lowest BCUT2D eigenvalue weighted by Gasteiger charge is -2.30. The van der Waals surface area contributed by atoms with E-state index in [1.807, 2.05) is 0 Å². The normalized spacial score (nSPS) is 29.8. The molecule has 0 amide bonds. The molecule has 0 saturated heterocycles. The molecule has 1 saturated carbocycles. The smallest absolute Gasteiger partial charge is 0.120 e. The van der Waals surface area contributed by atoms with Gasteiger partial charge >= 0.3 is 0 Å². The summed E-state index contributed by atoms with van der Waals surface area (Å²) in [7, 11) is 0. The summed E-state index contributed by atoms with van der Waals surface area (Å²) in [6.45, 7) is 2.30. The summed E-state index contributed by atoms with van der Waals surface area (Å²) in [4.78, 5) is 0. The van der Waals surface area contributed by atoms with Crippen LogP contribution in [0.4, 0.5) is 0 Å². The van der Waals surface area contributed by atoms with Crippen molar-refractivity contribution in [3.8, 4) is 5.75 Å². The number of hydrogen-bond donors (Lipinski definition) is 1. The molecule has 2 N–H and O–H groups in total. The number of rotatable bonds is 3. The van der Waals surface area contributed by atoms with Gasteiger partial charge in [0.1, 0.15) is 5.75 Å². The van der Waals surface area contributed by atoms with E-state index in [4.69, 9.17) is 10.5 Å². The monoisotopic (exact) mass is 273 g/mol. The van der Waals surface area contributed by atoms with Crippen LogP contribution in [-0.4, -0.2) is 6.10 Å². The maximum atomic E-state index is 6.25. The maximum Gasteiger partial charge on any atom is 0.120 e. The van der Waals surface area contributed by atoms with Crippen LogP contribution in [0.2, 0.25) is 0 Å². The molecule has 20 heavy (non-hydrogen) atoms. The molecule has 0 aliphatic heterocycles. The van der Waals surface area contributed by atoms with Crippen LogP contribution in [0.5, 0.6) is 5.75 Å². The van der Waals surface area contributed by atoms with E-state index in [0.717, 1.165) is 18.1 Å². The van der Waals surface area contributed by atoms with Crippen molar-refractivity contribution in [1.29, 1.82) is 0 Å². The lowest BCUT2D eigenvalue weighted by molar-refractivity contribution is 0.122. The second-order valence-electron chi connectivity index (χ2n) is 6.54. The Bertz CT molecular complexity index is 457. The first kappa shape index (κ1) is 13.9. The van der Waals surface area contributed by atoms with Crippen LogP contribution < -0.4 is 10.5 Å². The fourth-order valence-corrected chi connectivity index (χ4v) is 3.80. The first-order valence-corrected chi connectivity index (χ1v) is 8.31.